The van der Waals surface area contributed by atoms with Crippen molar-refractivity contribution in [3.8, 4) is 0 Å². The van der Waals surface area contributed by atoms with Crippen LogP contribution in [0, 0.1) is 5.82 Å². The van der Waals surface area contributed by atoms with Crippen molar-refractivity contribution in [2.45, 2.75) is 0 Å². The molecule has 1 aromatic carbocycles. The molecule has 3 rings (SSSR count). The molecule has 1 N–H and O–H groups in total. The Morgan fingerprint density at radius 1 is 1.24 bits per heavy atom. The van der Waals surface area contributed by atoms with Crippen molar-refractivity contribution in [2.24, 2.45) is 4.99 Å². The third-order valence-corrected chi connectivity index (χ3v) is 3.91. The monoisotopic (exact) mass is 366 g/mol. The van der Waals surface area contributed by atoms with Gasteiger partial charge in [0.15, 0.2) is 9.84 Å². The molecule has 1 aliphatic heterocycles. The molecule has 0 bridgehead atoms. The molecule has 2 heterocycles. The number of amides is 1. The number of thioether (sulfide) groups is 1. The number of halogens is 2. The topological polar surface area (TPSA) is 54.6 Å². The highest BCUT2D eigenvalue weighted by atomic mass is 79.9. The van der Waals surface area contributed by atoms with Crippen molar-refractivity contribution in [3.05, 3.63) is 57.6 Å². The van der Waals surface area contributed by atoms with Gasteiger partial charge >= 0.3 is 0 Å². The molecule has 1 saturated heterocycles. The summed E-state index contributed by atoms with van der Waals surface area (Å²) in [4.78, 5) is 16.6. The fraction of sp³-hybridized carbons (Fsp3) is 0. The maximum Gasteiger partial charge on any atom is 0.264 e. The van der Waals surface area contributed by atoms with E-state index in [-0.39, 0.29) is 11.7 Å². The van der Waals surface area contributed by atoms with E-state index in [1.807, 2.05) is 0 Å². The van der Waals surface area contributed by atoms with Crippen molar-refractivity contribution < 1.29 is 13.6 Å². The predicted molar refractivity (Wildman–Crippen MR) is 83.6 cm³/mol. The number of furan rings is 1. The van der Waals surface area contributed by atoms with Crippen LogP contribution >= 0.6 is 27.7 Å². The second-order valence-electron chi connectivity index (χ2n) is 4.10. The third-order valence-electron chi connectivity index (χ3n) is 2.58. The number of benzene rings is 1. The van der Waals surface area contributed by atoms with Gasteiger partial charge < -0.3 is 9.73 Å². The maximum absolute atomic E-state index is 12.8. The van der Waals surface area contributed by atoms with Gasteiger partial charge in [-0.15, -0.1) is 0 Å². The highest BCUT2D eigenvalue weighted by Crippen LogP contribution is 2.29. The zero-order valence-corrected chi connectivity index (χ0v) is 12.9. The van der Waals surface area contributed by atoms with E-state index in [1.54, 1.807) is 30.3 Å². The molecular weight excluding hydrogens is 359 g/mol. The van der Waals surface area contributed by atoms with Gasteiger partial charge in [0.1, 0.15) is 11.6 Å². The number of hydrogen-bond donors (Lipinski definition) is 1. The summed E-state index contributed by atoms with van der Waals surface area (Å²) in [5, 5.41) is 3.10. The smallest absolute Gasteiger partial charge is 0.264 e. The van der Waals surface area contributed by atoms with Gasteiger partial charge in [-0.3, -0.25) is 4.79 Å². The lowest BCUT2D eigenvalue weighted by Crippen LogP contribution is -2.19. The molecule has 106 valence electrons. The fourth-order valence-electron chi connectivity index (χ4n) is 1.65. The molecule has 1 aromatic heterocycles. The normalized spacial score (nSPS) is 18.5. The van der Waals surface area contributed by atoms with Gasteiger partial charge in [0.25, 0.3) is 5.91 Å². The molecule has 0 saturated carbocycles. The summed E-state index contributed by atoms with van der Waals surface area (Å²) in [7, 11) is 0. The molecule has 1 amide bonds. The highest BCUT2D eigenvalue weighted by molar-refractivity contribution is 9.10. The number of carbonyl (C=O) groups excluding carboxylic acids is 1. The van der Waals surface area contributed by atoms with Crippen LogP contribution in [-0.2, 0) is 4.79 Å². The van der Waals surface area contributed by atoms with E-state index >= 15 is 0 Å². The van der Waals surface area contributed by atoms with Crippen LogP contribution in [-0.4, -0.2) is 11.1 Å². The molecule has 0 unspecified atom stereocenters. The molecule has 2 aromatic rings. The number of rotatable bonds is 2. The molecule has 7 heteroatoms. The summed E-state index contributed by atoms with van der Waals surface area (Å²) < 4.78 is 18.7. The second kappa shape index (κ2) is 5.87. The van der Waals surface area contributed by atoms with Crippen LogP contribution in [0.25, 0.3) is 6.08 Å². The van der Waals surface area contributed by atoms with Crippen molar-refractivity contribution in [1.82, 2.24) is 5.32 Å². The van der Waals surface area contributed by atoms with Crippen LogP contribution in [0.3, 0.4) is 0 Å². The maximum atomic E-state index is 12.8. The Hall–Kier alpha value is -1.86. The standard InChI is InChI=1S/C14H8BrFN2O2S/c15-12-6-5-10(20-12)7-11-13(19)18-14(21-11)17-9-3-1-8(16)2-4-9/h1-7H,(H,17,18,19)/b11-7-. The number of aliphatic imine (C=N–C) groups is 1. The molecule has 4 nitrogen and oxygen atoms in total. The fourth-order valence-corrected chi connectivity index (χ4v) is 2.79. The summed E-state index contributed by atoms with van der Waals surface area (Å²) >= 11 is 4.40. The third kappa shape index (κ3) is 3.43. The summed E-state index contributed by atoms with van der Waals surface area (Å²) in [5.41, 5.74) is 0.571. The highest BCUT2D eigenvalue weighted by Gasteiger charge is 2.24. The van der Waals surface area contributed by atoms with Gasteiger partial charge in [-0.1, -0.05) is 0 Å². The summed E-state index contributed by atoms with van der Waals surface area (Å²) in [5.74, 6) is 0.00184. The number of nitrogens with one attached hydrogen (secondary N) is 1. The van der Waals surface area contributed by atoms with Crippen LogP contribution < -0.4 is 5.32 Å². The van der Waals surface area contributed by atoms with Crippen LogP contribution in [0.4, 0.5) is 10.1 Å². The van der Waals surface area contributed by atoms with Crippen molar-refractivity contribution in [3.63, 3.8) is 0 Å². The molecule has 1 fully saturated rings. The lowest BCUT2D eigenvalue weighted by Gasteiger charge is -1.95. The molecule has 0 radical (unpaired) electrons. The molecule has 1 aliphatic rings. The molecule has 0 spiro atoms. The van der Waals surface area contributed by atoms with Crippen molar-refractivity contribution in [2.75, 3.05) is 0 Å². The second-order valence-corrected chi connectivity index (χ2v) is 5.91. The molecule has 0 atom stereocenters. The van der Waals surface area contributed by atoms with Crippen LogP contribution in [0.15, 0.2) is 55.4 Å². The lowest BCUT2D eigenvalue weighted by atomic mass is 10.3. The van der Waals surface area contributed by atoms with E-state index in [1.165, 1.54) is 23.9 Å². The van der Waals surface area contributed by atoms with Crippen LogP contribution in [0.1, 0.15) is 5.76 Å². The Bertz CT molecular complexity index is 753. The first-order chi connectivity index (χ1) is 10.1. The molecule has 0 aliphatic carbocycles. The molecule has 21 heavy (non-hydrogen) atoms. The van der Waals surface area contributed by atoms with Gasteiger partial charge in [0.2, 0.25) is 0 Å². The SMILES string of the molecule is O=C1NC(=Nc2ccc(F)cc2)S/C1=C\c1ccc(Br)o1. The Morgan fingerprint density at radius 3 is 2.67 bits per heavy atom. The zero-order valence-electron chi connectivity index (χ0n) is 10.5. The number of amidine groups is 1. The number of carbonyl (C=O) groups is 1. The zero-order chi connectivity index (χ0) is 14.8. The summed E-state index contributed by atoms with van der Waals surface area (Å²) in [6, 6.07) is 9.22. The van der Waals surface area contributed by atoms with E-state index in [4.69, 9.17) is 4.42 Å². The number of hydrogen-bond acceptors (Lipinski definition) is 4. The van der Waals surface area contributed by atoms with Gasteiger partial charge in [0.05, 0.1) is 10.6 Å². The van der Waals surface area contributed by atoms with Gasteiger partial charge in [-0.25, -0.2) is 9.38 Å². The minimum atomic E-state index is -0.328. The Balaban J connectivity index is 1.81. The minimum Gasteiger partial charge on any atom is -0.450 e. The van der Waals surface area contributed by atoms with Gasteiger partial charge in [-0.05, 0) is 64.1 Å². The number of nitrogens with zero attached hydrogens (tertiary/aromatic N) is 1. The average Bonchev–Trinajstić information content (AvgIpc) is 3.00. The minimum absolute atomic E-state index is 0.242. The van der Waals surface area contributed by atoms with Crippen LogP contribution in [0.5, 0.6) is 0 Å². The Labute approximate surface area is 132 Å². The van der Waals surface area contributed by atoms with E-state index in [0.717, 1.165) is 0 Å². The van der Waals surface area contributed by atoms with E-state index in [0.29, 0.717) is 26.2 Å². The Kier molecular flexibility index (Phi) is 3.94. The largest absolute Gasteiger partial charge is 0.450 e. The first-order valence-electron chi connectivity index (χ1n) is 5.91. The summed E-state index contributed by atoms with van der Waals surface area (Å²) in [6.45, 7) is 0. The lowest BCUT2D eigenvalue weighted by molar-refractivity contribution is -0.115. The average molecular weight is 367 g/mol. The van der Waals surface area contributed by atoms with Crippen molar-refractivity contribution in [1.29, 1.82) is 0 Å². The predicted octanol–water partition coefficient (Wildman–Crippen LogP) is 4.07. The van der Waals surface area contributed by atoms with Gasteiger partial charge in [0, 0.05) is 6.08 Å². The van der Waals surface area contributed by atoms with E-state index < -0.39 is 0 Å². The van der Waals surface area contributed by atoms with Gasteiger partial charge in [-0.2, -0.15) is 0 Å². The van der Waals surface area contributed by atoms with E-state index in [9.17, 15) is 9.18 Å². The first kappa shape index (κ1) is 14.1. The summed E-state index contributed by atoms with van der Waals surface area (Å²) in [6.07, 6.45) is 1.64. The van der Waals surface area contributed by atoms with Crippen molar-refractivity contribution >= 4 is 50.5 Å². The molecular formula is C14H8BrFN2O2S. The van der Waals surface area contributed by atoms with E-state index in [2.05, 4.69) is 26.2 Å². The first-order valence-corrected chi connectivity index (χ1v) is 7.51. The van der Waals surface area contributed by atoms with Crippen LogP contribution in [0.2, 0.25) is 0 Å². The quantitative estimate of drug-likeness (QED) is 0.814. The Morgan fingerprint density at radius 2 is 2.00 bits per heavy atom.